The van der Waals surface area contributed by atoms with E-state index in [1.165, 1.54) is 16.7 Å². The minimum atomic E-state index is 0.172. The van der Waals surface area contributed by atoms with Gasteiger partial charge in [-0.2, -0.15) is 0 Å². The molecule has 0 amide bonds. The van der Waals surface area contributed by atoms with E-state index in [2.05, 4.69) is 75.9 Å². The van der Waals surface area contributed by atoms with Crippen molar-refractivity contribution in [2.45, 2.75) is 31.1 Å². The molecule has 0 saturated heterocycles. The fourth-order valence-corrected chi connectivity index (χ4v) is 2.12. The summed E-state index contributed by atoms with van der Waals surface area (Å²) in [6.07, 6.45) is 0. The smallest absolute Gasteiger partial charge is 0.0119 e. The lowest BCUT2D eigenvalue weighted by Crippen LogP contribution is -2.10. The Hall–Kier alpha value is -1.21. The lowest BCUT2D eigenvalue weighted by atomic mass is 9.85. The second-order valence-corrected chi connectivity index (χ2v) is 5.83. The third kappa shape index (κ3) is 2.73. The van der Waals surface area contributed by atoms with Crippen molar-refractivity contribution >= 4 is 12.6 Å². The zero-order chi connectivity index (χ0) is 12.5. The van der Waals surface area contributed by atoms with E-state index in [4.69, 9.17) is 0 Å². The van der Waals surface area contributed by atoms with E-state index in [-0.39, 0.29) is 5.41 Å². The maximum absolute atomic E-state index is 4.55. The van der Waals surface area contributed by atoms with Gasteiger partial charge in [0, 0.05) is 4.90 Å². The lowest BCUT2D eigenvalue weighted by Gasteiger charge is -2.20. The van der Waals surface area contributed by atoms with Crippen LogP contribution in [0.1, 0.15) is 26.3 Å². The van der Waals surface area contributed by atoms with E-state index in [0.29, 0.717) is 0 Å². The van der Waals surface area contributed by atoms with Crippen LogP contribution in [0.2, 0.25) is 0 Å². The number of rotatable bonds is 1. The van der Waals surface area contributed by atoms with Crippen molar-refractivity contribution in [3.63, 3.8) is 0 Å². The summed E-state index contributed by atoms with van der Waals surface area (Å²) in [5.74, 6) is 0. The average Bonchev–Trinajstić information content (AvgIpc) is 2.29. The summed E-state index contributed by atoms with van der Waals surface area (Å²) in [5, 5.41) is 0. The predicted molar refractivity (Wildman–Crippen MR) is 77.8 cm³/mol. The van der Waals surface area contributed by atoms with Gasteiger partial charge in [0.25, 0.3) is 0 Å². The average molecular weight is 242 g/mol. The summed E-state index contributed by atoms with van der Waals surface area (Å²) in [4.78, 5) is 1.03. The summed E-state index contributed by atoms with van der Waals surface area (Å²) in [5.41, 5.74) is 3.95. The Morgan fingerprint density at radius 1 is 0.882 bits per heavy atom. The second-order valence-electron chi connectivity index (χ2n) is 5.35. The molecule has 0 fully saturated rings. The summed E-state index contributed by atoms with van der Waals surface area (Å²) < 4.78 is 0. The Balaban J connectivity index is 2.55. The molecule has 0 aliphatic carbocycles. The fraction of sp³-hybridized carbons (Fsp3) is 0.250. The van der Waals surface area contributed by atoms with Gasteiger partial charge in [0.05, 0.1) is 0 Å². The van der Waals surface area contributed by atoms with Crippen molar-refractivity contribution in [2.75, 3.05) is 0 Å². The highest BCUT2D eigenvalue weighted by Gasteiger charge is 2.15. The van der Waals surface area contributed by atoms with E-state index in [0.717, 1.165) is 4.90 Å². The first kappa shape index (κ1) is 12.3. The van der Waals surface area contributed by atoms with E-state index in [1.807, 2.05) is 6.07 Å². The molecule has 0 aliphatic rings. The van der Waals surface area contributed by atoms with Gasteiger partial charge < -0.3 is 0 Å². The van der Waals surface area contributed by atoms with Gasteiger partial charge in [0.2, 0.25) is 0 Å². The van der Waals surface area contributed by atoms with E-state index >= 15 is 0 Å². The summed E-state index contributed by atoms with van der Waals surface area (Å²) in [6.45, 7) is 6.69. The van der Waals surface area contributed by atoms with Crippen molar-refractivity contribution < 1.29 is 0 Å². The van der Waals surface area contributed by atoms with Gasteiger partial charge in [-0.05, 0) is 34.2 Å². The third-order valence-electron chi connectivity index (χ3n) is 2.95. The Morgan fingerprint density at radius 3 is 2.12 bits per heavy atom. The molecule has 0 nitrogen and oxygen atoms in total. The third-order valence-corrected chi connectivity index (χ3v) is 3.34. The topological polar surface area (TPSA) is 0 Å². The van der Waals surface area contributed by atoms with Gasteiger partial charge in [0.15, 0.2) is 0 Å². The minimum Gasteiger partial charge on any atom is -0.143 e. The van der Waals surface area contributed by atoms with Crippen LogP contribution in [0, 0.1) is 0 Å². The van der Waals surface area contributed by atoms with Crippen LogP contribution in [-0.2, 0) is 5.41 Å². The summed E-state index contributed by atoms with van der Waals surface area (Å²) in [6, 6.07) is 16.9. The first-order chi connectivity index (χ1) is 7.98. The van der Waals surface area contributed by atoms with Crippen LogP contribution in [0.25, 0.3) is 11.1 Å². The van der Waals surface area contributed by atoms with Crippen molar-refractivity contribution in [2.24, 2.45) is 0 Å². The van der Waals surface area contributed by atoms with Crippen molar-refractivity contribution in [3.8, 4) is 11.1 Å². The van der Waals surface area contributed by atoms with Crippen LogP contribution in [-0.4, -0.2) is 0 Å². The van der Waals surface area contributed by atoms with Gasteiger partial charge in [-0.3, -0.25) is 0 Å². The zero-order valence-corrected chi connectivity index (χ0v) is 11.5. The predicted octanol–water partition coefficient (Wildman–Crippen LogP) is 4.94. The van der Waals surface area contributed by atoms with Crippen LogP contribution in [0.15, 0.2) is 53.4 Å². The van der Waals surface area contributed by atoms with Crippen LogP contribution < -0.4 is 0 Å². The maximum atomic E-state index is 4.55. The molecule has 0 unspecified atom stereocenters. The summed E-state index contributed by atoms with van der Waals surface area (Å²) >= 11 is 4.55. The van der Waals surface area contributed by atoms with Crippen LogP contribution in [0.5, 0.6) is 0 Å². The van der Waals surface area contributed by atoms with Gasteiger partial charge >= 0.3 is 0 Å². The molecular weight excluding hydrogens is 224 g/mol. The molecule has 0 N–H and O–H groups in total. The SMILES string of the molecule is CC(C)(C)c1ccc(S)c(-c2ccccc2)c1. The molecule has 0 heterocycles. The van der Waals surface area contributed by atoms with E-state index in [9.17, 15) is 0 Å². The van der Waals surface area contributed by atoms with E-state index < -0.39 is 0 Å². The number of benzene rings is 2. The fourth-order valence-electron chi connectivity index (χ4n) is 1.85. The highest BCUT2D eigenvalue weighted by atomic mass is 32.1. The molecule has 0 atom stereocenters. The van der Waals surface area contributed by atoms with Gasteiger partial charge in [0.1, 0.15) is 0 Å². The molecule has 0 bridgehead atoms. The Kier molecular flexibility index (Phi) is 3.30. The molecule has 0 aliphatic heterocycles. The quantitative estimate of drug-likeness (QED) is 0.673. The van der Waals surface area contributed by atoms with Crippen LogP contribution in [0.3, 0.4) is 0 Å². The van der Waals surface area contributed by atoms with Crippen molar-refractivity contribution in [3.05, 3.63) is 54.1 Å². The number of hydrogen-bond acceptors (Lipinski definition) is 1. The Labute approximate surface area is 109 Å². The standard InChI is InChI=1S/C16H18S/c1-16(2,3)13-9-10-15(17)14(11-13)12-7-5-4-6-8-12/h4-11,17H,1-3H3. The zero-order valence-electron chi connectivity index (χ0n) is 10.6. The highest BCUT2D eigenvalue weighted by Crippen LogP contribution is 2.31. The summed E-state index contributed by atoms with van der Waals surface area (Å²) in [7, 11) is 0. The van der Waals surface area contributed by atoms with Gasteiger partial charge in [-0.15, -0.1) is 12.6 Å². The number of hydrogen-bond donors (Lipinski definition) is 1. The normalized spacial score (nSPS) is 11.5. The Morgan fingerprint density at radius 2 is 1.53 bits per heavy atom. The van der Waals surface area contributed by atoms with Gasteiger partial charge in [-0.1, -0.05) is 57.2 Å². The van der Waals surface area contributed by atoms with Crippen molar-refractivity contribution in [1.82, 2.24) is 0 Å². The number of thiol groups is 1. The molecule has 2 rings (SSSR count). The molecule has 2 aromatic carbocycles. The largest absolute Gasteiger partial charge is 0.143 e. The first-order valence-electron chi connectivity index (χ1n) is 5.87. The van der Waals surface area contributed by atoms with Crippen molar-refractivity contribution in [1.29, 1.82) is 0 Å². The molecule has 2 aromatic rings. The molecule has 1 heteroatoms. The second kappa shape index (κ2) is 4.58. The lowest BCUT2D eigenvalue weighted by molar-refractivity contribution is 0.590. The molecule has 0 aromatic heterocycles. The van der Waals surface area contributed by atoms with Gasteiger partial charge in [-0.25, -0.2) is 0 Å². The minimum absolute atomic E-state index is 0.172. The molecule has 0 saturated carbocycles. The van der Waals surface area contributed by atoms with Crippen LogP contribution >= 0.6 is 12.6 Å². The Bertz CT molecular complexity index is 507. The highest BCUT2D eigenvalue weighted by molar-refractivity contribution is 7.80. The molecular formula is C16H18S. The van der Waals surface area contributed by atoms with Crippen LogP contribution in [0.4, 0.5) is 0 Å². The molecule has 17 heavy (non-hydrogen) atoms. The molecule has 88 valence electrons. The monoisotopic (exact) mass is 242 g/mol. The maximum Gasteiger partial charge on any atom is 0.0119 e. The van der Waals surface area contributed by atoms with E-state index in [1.54, 1.807) is 0 Å². The first-order valence-corrected chi connectivity index (χ1v) is 6.32. The molecule has 0 spiro atoms. The molecule has 0 radical (unpaired) electrons.